The Kier molecular flexibility index (Phi) is 3.75. The normalized spacial score (nSPS) is 12.4. The van der Waals surface area contributed by atoms with Crippen LogP contribution in [0.25, 0.3) is 0 Å². The average Bonchev–Trinajstić information content (AvgIpc) is 2.16. The minimum absolute atomic E-state index is 0.179. The Morgan fingerprint density at radius 1 is 1.38 bits per heavy atom. The first kappa shape index (κ1) is 10.0. The van der Waals surface area contributed by atoms with Gasteiger partial charge in [-0.25, -0.2) is 0 Å². The second kappa shape index (κ2) is 4.85. The second-order valence-electron chi connectivity index (χ2n) is 3.25. The third-order valence-corrected chi connectivity index (χ3v) is 2.21. The fraction of sp³-hybridized carbons (Fsp3) is 0.364. The Balaban J connectivity index is 2.78. The maximum absolute atomic E-state index is 10.4. The lowest BCUT2D eigenvalue weighted by Gasteiger charge is -2.11. The molecule has 66 valence electrons. The molecule has 0 saturated heterocycles. The van der Waals surface area contributed by atoms with E-state index in [1.165, 1.54) is 5.56 Å². The van der Waals surface area contributed by atoms with Gasteiger partial charge in [0.25, 0.3) is 0 Å². The van der Waals surface area contributed by atoms with E-state index in [1.807, 2.05) is 31.2 Å². The van der Waals surface area contributed by atoms with Gasteiger partial charge in [-0.15, -0.1) is 0 Å². The van der Waals surface area contributed by atoms with Crippen LogP contribution >= 0.6 is 0 Å². The summed E-state index contributed by atoms with van der Waals surface area (Å²) in [4.78, 5) is 10.4. The molecule has 13 heavy (non-hydrogen) atoms. The van der Waals surface area contributed by atoms with E-state index < -0.39 is 0 Å². The summed E-state index contributed by atoms with van der Waals surface area (Å²) in [6.45, 7) is 2.04. The lowest BCUT2D eigenvalue weighted by molar-refractivity contribution is -0.108. The molecule has 0 amide bonds. The van der Waals surface area contributed by atoms with Crippen LogP contribution in [0.5, 0.6) is 0 Å². The summed E-state index contributed by atoms with van der Waals surface area (Å²) < 4.78 is 0. The Labute approximate surface area is 80.6 Å². The minimum Gasteiger partial charge on any atom is -0.303 e. The van der Waals surface area contributed by atoms with Crippen LogP contribution in [0.3, 0.4) is 0 Å². The molecule has 0 N–H and O–H groups in total. The molecular weight excluding hydrogens is 159 g/mol. The van der Waals surface area contributed by atoms with Crippen molar-refractivity contribution in [2.45, 2.75) is 25.6 Å². The quantitative estimate of drug-likeness (QED) is 0.502. The van der Waals surface area contributed by atoms with Crippen LogP contribution in [0.1, 0.15) is 23.5 Å². The van der Waals surface area contributed by atoms with Gasteiger partial charge in [-0.05, 0) is 18.4 Å². The van der Waals surface area contributed by atoms with Crippen LogP contribution in [0.2, 0.25) is 6.32 Å². The molecule has 0 heterocycles. The van der Waals surface area contributed by atoms with Crippen LogP contribution in [-0.2, 0) is 4.79 Å². The van der Waals surface area contributed by atoms with Crippen molar-refractivity contribution < 1.29 is 4.79 Å². The van der Waals surface area contributed by atoms with Gasteiger partial charge < -0.3 is 4.79 Å². The van der Waals surface area contributed by atoms with Gasteiger partial charge in [0.1, 0.15) is 6.29 Å². The van der Waals surface area contributed by atoms with Crippen molar-refractivity contribution in [2.75, 3.05) is 0 Å². The van der Waals surface area contributed by atoms with E-state index >= 15 is 0 Å². The maximum Gasteiger partial charge on any atom is 0.120 e. The van der Waals surface area contributed by atoms with Gasteiger partial charge in [0.15, 0.2) is 0 Å². The number of hydrogen-bond donors (Lipinski definition) is 0. The molecule has 0 aliphatic carbocycles. The van der Waals surface area contributed by atoms with Crippen molar-refractivity contribution >= 4 is 14.1 Å². The van der Waals surface area contributed by atoms with E-state index in [-0.39, 0.29) is 5.92 Å². The van der Waals surface area contributed by atoms with E-state index in [9.17, 15) is 4.79 Å². The number of aldehydes is 1. The maximum atomic E-state index is 10.4. The first-order valence-electron chi connectivity index (χ1n) is 4.48. The van der Waals surface area contributed by atoms with Gasteiger partial charge in [-0.3, -0.25) is 0 Å². The van der Waals surface area contributed by atoms with Gasteiger partial charge in [-0.2, -0.15) is 0 Å². The molecule has 1 aromatic rings. The number of rotatable bonds is 4. The van der Waals surface area contributed by atoms with Gasteiger partial charge >= 0.3 is 0 Å². The van der Waals surface area contributed by atoms with Gasteiger partial charge in [0.05, 0.1) is 7.85 Å². The number of aryl methyl sites for hydroxylation is 1. The Hall–Kier alpha value is -1.05. The van der Waals surface area contributed by atoms with E-state index in [4.69, 9.17) is 7.85 Å². The van der Waals surface area contributed by atoms with Crippen LogP contribution < -0.4 is 0 Å². The predicted molar refractivity (Wildman–Crippen MR) is 55.2 cm³/mol. The van der Waals surface area contributed by atoms with Crippen LogP contribution in [-0.4, -0.2) is 14.1 Å². The lowest BCUT2D eigenvalue weighted by Crippen LogP contribution is -1.98. The Morgan fingerprint density at radius 3 is 2.46 bits per heavy atom. The zero-order valence-electron chi connectivity index (χ0n) is 7.86. The summed E-state index contributed by atoms with van der Waals surface area (Å²) in [6.07, 6.45) is 1.97. The van der Waals surface area contributed by atoms with Crippen LogP contribution in [0.15, 0.2) is 24.3 Å². The zero-order valence-corrected chi connectivity index (χ0v) is 7.86. The Morgan fingerprint density at radius 2 is 2.00 bits per heavy atom. The third kappa shape index (κ3) is 2.73. The molecule has 0 unspecified atom stereocenters. The average molecular weight is 172 g/mol. The van der Waals surface area contributed by atoms with E-state index in [2.05, 4.69) is 0 Å². The molecule has 0 saturated carbocycles. The van der Waals surface area contributed by atoms with Gasteiger partial charge in [0.2, 0.25) is 0 Å². The van der Waals surface area contributed by atoms with Crippen molar-refractivity contribution in [1.82, 2.24) is 0 Å². The summed E-state index contributed by atoms with van der Waals surface area (Å²) in [6, 6.07) is 8.16. The molecule has 1 aromatic carbocycles. The summed E-state index contributed by atoms with van der Waals surface area (Å²) in [5.74, 6) is 0.179. The monoisotopic (exact) mass is 172 g/mol. The number of hydrogen-bond acceptors (Lipinski definition) is 1. The largest absolute Gasteiger partial charge is 0.303 e. The highest BCUT2D eigenvalue weighted by Gasteiger charge is 2.07. The van der Waals surface area contributed by atoms with Crippen molar-refractivity contribution in [2.24, 2.45) is 0 Å². The number of carbonyl (C=O) groups is 1. The van der Waals surface area contributed by atoms with Crippen molar-refractivity contribution in [3.05, 3.63) is 35.4 Å². The molecule has 1 atom stereocenters. The van der Waals surface area contributed by atoms with Gasteiger partial charge in [-0.1, -0.05) is 36.1 Å². The number of benzene rings is 1. The number of carbonyl (C=O) groups excluding carboxylic acids is 1. The molecule has 0 aliphatic rings. The summed E-state index contributed by atoms with van der Waals surface area (Å²) in [5.41, 5.74) is 2.38. The van der Waals surface area contributed by atoms with Gasteiger partial charge in [0, 0.05) is 6.42 Å². The highest BCUT2D eigenvalue weighted by molar-refractivity contribution is 6.09. The summed E-state index contributed by atoms with van der Waals surface area (Å²) >= 11 is 0. The van der Waals surface area contributed by atoms with Crippen LogP contribution in [0.4, 0.5) is 0 Å². The highest BCUT2D eigenvalue weighted by atomic mass is 16.1. The van der Waals surface area contributed by atoms with E-state index in [1.54, 1.807) is 0 Å². The molecule has 0 fully saturated rings. The Bertz CT molecular complexity index is 266. The van der Waals surface area contributed by atoms with E-state index in [0.717, 1.165) is 11.8 Å². The lowest BCUT2D eigenvalue weighted by atomic mass is 9.84. The van der Waals surface area contributed by atoms with Crippen molar-refractivity contribution in [3.63, 3.8) is 0 Å². The van der Waals surface area contributed by atoms with Crippen LogP contribution in [0, 0.1) is 6.92 Å². The van der Waals surface area contributed by atoms with E-state index in [0.29, 0.717) is 12.7 Å². The second-order valence-corrected chi connectivity index (χ2v) is 3.25. The molecule has 0 aliphatic heterocycles. The molecule has 0 spiro atoms. The summed E-state index contributed by atoms with van der Waals surface area (Å²) in [5, 5.41) is 0. The molecule has 1 nitrogen and oxygen atoms in total. The zero-order chi connectivity index (χ0) is 9.68. The van der Waals surface area contributed by atoms with Crippen molar-refractivity contribution in [1.29, 1.82) is 0 Å². The molecule has 0 aromatic heterocycles. The standard InChI is InChI=1S/C11H13BO/c1-9-2-4-10(5-3-9)11(8-12)6-7-13/h2-5,7,11H,6,8H2,1H3/t11-/m0/s1. The summed E-state index contributed by atoms with van der Waals surface area (Å²) in [7, 11) is 5.57. The SMILES string of the molecule is [B]C[C@H](CC=O)c1ccc(C)cc1. The topological polar surface area (TPSA) is 17.1 Å². The fourth-order valence-electron chi connectivity index (χ4n) is 1.32. The first-order chi connectivity index (χ1) is 6.27. The molecular formula is C11H13BO. The molecule has 2 heteroatoms. The third-order valence-electron chi connectivity index (χ3n) is 2.21. The first-order valence-corrected chi connectivity index (χ1v) is 4.48. The molecule has 1 rings (SSSR count). The minimum atomic E-state index is 0.179. The smallest absolute Gasteiger partial charge is 0.120 e. The molecule has 2 radical (unpaired) electrons. The van der Waals surface area contributed by atoms with Crippen molar-refractivity contribution in [3.8, 4) is 0 Å². The molecule has 0 bridgehead atoms. The predicted octanol–water partition coefficient (Wildman–Crippen LogP) is 2.25. The highest BCUT2D eigenvalue weighted by Crippen LogP contribution is 2.21. The fourth-order valence-corrected chi connectivity index (χ4v) is 1.32.